The van der Waals surface area contributed by atoms with E-state index in [0.29, 0.717) is 11.6 Å². The largest absolute Gasteiger partial charge is 0.326 e. The molecule has 0 heterocycles. The van der Waals surface area contributed by atoms with Crippen LogP contribution < -0.4 is 10.5 Å². The van der Waals surface area contributed by atoms with Crippen LogP contribution in [0, 0.1) is 11.6 Å². The summed E-state index contributed by atoms with van der Waals surface area (Å²) in [5, 5.41) is 0. The van der Waals surface area contributed by atoms with Crippen LogP contribution in [-0.2, 0) is 16.6 Å². The number of halogens is 3. The van der Waals surface area contributed by atoms with Crippen molar-refractivity contribution in [2.45, 2.75) is 11.4 Å². The number of hydrogen-bond acceptors (Lipinski definition) is 3. The van der Waals surface area contributed by atoms with Crippen molar-refractivity contribution >= 4 is 31.6 Å². The van der Waals surface area contributed by atoms with E-state index in [1.54, 1.807) is 12.1 Å². The topological polar surface area (TPSA) is 72.2 Å². The minimum absolute atomic E-state index is 0.192. The fourth-order valence-electron chi connectivity index (χ4n) is 1.75. The van der Waals surface area contributed by atoms with Crippen LogP contribution in [0.1, 0.15) is 5.56 Å². The molecule has 0 radical (unpaired) electrons. The van der Waals surface area contributed by atoms with Gasteiger partial charge < -0.3 is 5.73 Å². The lowest BCUT2D eigenvalue weighted by molar-refractivity contribution is 0.548. The van der Waals surface area contributed by atoms with Gasteiger partial charge in [-0.05, 0) is 39.7 Å². The highest BCUT2D eigenvalue weighted by molar-refractivity contribution is 9.10. The first-order valence-corrected chi connectivity index (χ1v) is 8.07. The first kappa shape index (κ1) is 15.9. The zero-order valence-electron chi connectivity index (χ0n) is 10.6. The fourth-order valence-corrected chi connectivity index (χ4v) is 3.97. The van der Waals surface area contributed by atoms with Gasteiger partial charge in [-0.3, -0.25) is 4.72 Å². The summed E-state index contributed by atoms with van der Waals surface area (Å²) in [7, 11) is -4.20. The van der Waals surface area contributed by atoms with Crippen LogP contribution in [0.2, 0.25) is 0 Å². The minimum Gasteiger partial charge on any atom is -0.326 e. The van der Waals surface area contributed by atoms with Gasteiger partial charge in [0.15, 0.2) is 0 Å². The molecule has 0 spiro atoms. The summed E-state index contributed by atoms with van der Waals surface area (Å²) in [6.45, 7) is 0.240. The van der Waals surface area contributed by atoms with Crippen molar-refractivity contribution in [2.24, 2.45) is 5.73 Å². The first-order chi connectivity index (χ1) is 9.83. The molecule has 0 amide bonds. The Morgan fingerprint density at radius 2 is 1.90 bits per heavy atom. The lowest BCUT2D eigenvalue weighted by Crippen LogP contribution is -2.16. The number of nitrogens with two attached hydrogens (primary N) is 1. The number of hydrogen-bond donors (Lipinski definition) is 2. The molecule has 2 rings (SSSR count). The molecule has 0 aliphatic heterocycles. The number of rotatable bonds is 4. The Morgan fingerprint density at radius 3 is 2.52 bits per heavy atom. The summed E-state index contributed by atoms with van der Waals surface area (Å²) in [4.78, 5) is -0.651. The molecule has 21 heavy (non-hydrogen) atoms. The Bertz CT molecular complexity index is 758. The first-order valence-electron chi connectivity index (χ1n) is 5.80. The van der Waals surface area contributed by atoms with Crippen LogP contribution in [-0.4, -0.2) is 8.42 Å². The van der Waals surface area contributed by atoms with E-state index in [2.05, 4.69) is 20.7 Å². The molecular weight excluding hydrogens is 366 g/mol. The second kappa shape index (κ2) is 6.08. The van der Waals surface area contributed by atoms with Crippen molar-refractivity contribution in [3.05, 3.63) is 58.1 Å². The summed E-state index contributed by atoms with van der Waals surface area (Å²) in [5.41, 5.74) is 6.43. The monoisotopic (exact) mass is 376 g/mol. The van der Waals surface area contributed by atoms with E-state index in [9.17, 15) is 17.2 Å². The molecule has 0 saturated carbocycles. The molecule has 0 atom stereocenters. The van der Waals surface area contributed by atoms with Gasteiger partial charge in [0.2, 0.25) is 0 Å². The van der Waals surface area contributed by atoms with E-state index in [4.69, 9.17) is 5.73 Å². The normalized spacial score (nSPS) is 11.4. The van der Waals surface area contributed by atoms with E-state index in [1.807, 2.05) is 0 Å². The molecule has 8 heteroatoms. The van der Waals surface area contributed by atoms with Crippen molar-refractivity contribution in [2.75, 3.05) is 4.72 Å². The Hall–Kier alpha value is -1.51. The molecule has 0 aromatic heterocycles. The van der Waals surface area contributed by atoms with Crippen molar-refractivity contribution in [3.8, 4) is 0 Å². The predicted octanol–water partition coefficient (Wildman–Crippen LogP) is 2.99. The van der Waals surface area contributed by atoms with Crippen LogP contribution in [0.25, 0.3) is 0 Å². The molecule has 0 aliphatic carbocycles. The maximum atomic E-state index is 13.7. The predicted molar refractivity (Wildman–Crippen MR) is 79.2 cm³/mol. The van der Waals surface area contributed by atoms with Gasteiger partial charge in [0.05, 0.1) is 0 Å². The molecule has 0 fully saturated rings. The van der Waals surface area contributed by atoms with Crippen molar-refractivity contribution in [1.82, 2.24) is 0 Å². The van der Waals surface area contributed by atoms with E-state index < -0.39 is 26.6 Å². The third-order valence-corrected chi connectivity index (χ3v) is 4.99. The molecule has 4 nitrogen and oxygen atoms in total. The van der Waals surface area contributed by atoms with E-state index in [0.717, 1.165) is 6.07 Å². The Kier molecular flexibility index (Phi) is 4.60. The summed E-state index contributed by atoms with van der Waals surface area (Å²) in [5.74, 6) is -2.05. The molecule has 0 unspecified atom stereocenters. The molecule has 0 aliphatic rings. The zero-order valence-corrected chi connectivity index (χ0v) is 13.0. The maximum absolute atomic E-state index is 13.7. The fraction of sp³-hybridized carbons (Fsp3) is 0.0769. The molecular formula is C13H11BrF2N2O2S. The van der Waals surface area contributed by atoms with Gasteiger partial charge in [0.25, 0.3) is 10.0 Å². The highest BCUT2D eigenvalue weighted by Gasteiger charge is 2.23. The average molecular weight is 377 g/mol. The van der Waals surface area contributed by atoms with Gasteiger partial charge in [0.1, 0.15) is 16.5 Å². The number of nitrogens with one attached hydrogen (secondary N) is 1. The molecule has 2 aromatic carbocycles. The summed E-state index contributed by atoms with van der Waals surface area (Å²) < 4.78 is 53.3. The number of anilines is 1. The molecule has 3 N–H and O–H groups in total. The minimum atomic E-state index is -4.20. The molecule has 2 aromatic rings. The van der Waals surface area contributed by atoms with E-state index in [1.165, 1.54) is 12.1 Å². The summed E-state index contributed by atoms with van der Waals surface area (Å²) in [6.07, 6.45) is 0. The second-order valence-corrected chi connectivity index (χ2v) is 6.68. The lowest BCUT2D eigenvalue weighted by atomic mass is 10.2. The number of sulfonamides is 1. The average Bonchev–Trinajstić information content (AvgIpc) is 2.36. The molecule has 0 bridgehead atoms. The second-order valence-electron chi connectivity index (χ2n) is 4.21. The van der Waals surface area contributed by atoms with Crippen LogP contribution in [0.5, 0.6) is 0 Å². The Labute approximate surface area is 129 Å². The van der Waals surface area contributed by atoms with Crippen molar-refractivity contribution in [1.29, 1.82) is 0 Å². The zero-order chi connectivity index (χ0) is 15.6. The molecule has 0 saturated heterocycles. The third kappa shape index (κ3) is 3.58. The quantitative estimate of drug-likeness (QED) is 0.861. The van der Waals surface area contributed by atoms with Gasteiger partial charge in [-0.1, -0.05) is 12.1 Å². The van der Waals surface area contributed by atoms with Crippen molar-refractivity contribution < 1.29 is 17.2 Å². The van der Waals surface area contributed by atoms with Crippen molar-refractivity contribution in [3.63, 3.8) is 0 Å². The lowest BCUT2D eigenvalue weighted by Gasteiger charge is -2.11. The SMILES string of the molecule is NCc1cccc(NS(=O)(=O)c2c(F)cc(F)cc2Br)c1. The summed E-state index contributed by atoms with van der Waals surface area (Å²) >= 11 is 2.86. The van der Waals surface area contributed by atoms with Crippen LogP contribution in [0.4, 0.5) is 14.5 Å². The Morgan fingerprint density at radius 1 is 1.19 bits per heavy atom. The van der Waals surface area contributed by atoms with Gasteiger partial charge in [-0.2, -0.15) is 0 Å². The summed E-state index contributed by atoms with van der Waals surface area (Å²) in [6, 6.07) is 7.78. The van der Waals surface area contributed by atoms with Crippen LogP contribution in [0.15, 0.2) is 45.8 Å². The van der Waals surface area contributed by atoms with Crippen LogP contribution in [0.3, 0.4) is 0 Å². The van der Waals surface area contributed by atoms with Gasteiger partial charge >= 0.3 is 0 Å². The number of benzene rings is 2. The Balaban J connectivity index is 2.43. The highest BCUT2D eigenvalue weighted by Crippen LogP contribution is 2.28. The standard InChI is InChI=1S/C13H11BrF2N2O2S/c14-11-5-9(15)6-12(16)13(11)21(19,20)18-10-3-1-2-8(4-10)7-17/h1-6,18H,7,17H2. The van der Waals surface area contributed by atoms with E-state index in [-0.39, 0.29) is 16.7 Å². The smallest absolute Gasteiger partial charge is 0.265 e. The maximum Gasteiger partial charge on any atom is 0.265 e. The molecule has 112 valence electrons. The highest BCUT2D eigenvalue weighted by atomic mass is 79.9. The van der Waals surface area contributed by atoms with Gasteiger partial charge in [-0.25, -0.2) is 17.2 Å². The van der Waals surface area contributed by atoms with Crippen LogP contribution >= 0.6 is 15.9 Å². The van der Waals surface area contributed by atoms with Gasteiger partial charge in [-0.15, -0.1) is 0 Å². The third-order valence-electron chi connectivity index (χ3n) is 2.65. The van der Waals surface area contributed by atoms with Gasteiger partial charge in [0, 0.05) is 22.8 Å². The van der Waals surface area contributed by atoms with E-state index >= 15 is 0 Å².